The largest absolute Gasteiger partial charge is 0.383 e. The molecule has 0 radical (unpaired) electrons. The number of nitrogens with one attached hydrogen (secondary N) is 1. The Hall–Kier alpha value is -2.21. The maximum Gasteiger partial charge on any atom is 0.278 e. The lowest BCUT2D eigenvalue weighted by Crippen LogP contribution is -2.22. The van der Waals surface area contributed by atoms with Crippen LogP contribution in [-0.2, 0) is 4.74 Å². The van der Waals surface area contributed by atoms with E-state index >= 15 is 0 Å². The molecule has 1 saturated heterocycles. The van der Waals surface area contributed by atoms with Crippen molar-refractivity contribution in [1.82, 2.24) is 4.98 Å². The van der Waals surface area contributed by atoms with Crippen molar-refractivity contribution < 1.29 is 9.66 Å². The van der Waals surface area contributed by atoms with Gasteiger partial charge in [-0.05, 0) is 37.0 Å². The van der Waals surface area contributed by atoms with E-state index in [9.17, 15) is 10.1 Å². The topological polar surface area (TPSA) is 77.3 Å². The number of aromatic nitrogens is 1. The first-order valence-corrected chi connectivity index (χ1v) is 7.09. The lowest BCUT2D eigenvalue weighted by Gasteiger charge is -2.22. The number of hydrogen-bond donors (Lipinski definition) is 1. The zero-order valence-electron chi connectivity index (χ0n) is 11.6. The van der Waals surface area contributed by atoms with Crippen LogP contribution in [0.25, 0.3) is 10.9 Å². The first kappa shape index (κ1) is 13.8. The molecule has 0 saturated carbocycles. The minimum absolute atomic E-state index is 0.0923. The van der Waals surface area contributed by atoms with Gasteiger partial charge >= 0.3 is 0 Å². The van der Waals surface area contributed by atoms with Crippen molar-refractivity contribution >= 4 is 22.3 Å². The fourth-order valence-electron chi connectivity index (χ4n) is 2.66. The Morgan fingerprint density at radius 1 is 1.33 bits per heavy atom. The second-order valence-corrected chi connectivity index (χ2v) is 5.23. The summed E-state index contributed by atoms with van der Waals surface area (Å²) in [5.41, 5.74) is 1.59. The van der Waals surface area contributed by atoms with E-state index in [0.29, 0.717) is 16.8 Å². The quantitative estimate of drug-likeness (QED) is 0.691. The number of hydrogen-bond acceptors (Lipinski definition) is 5. The second-order valence-electron chi connectivity index (χ2n) is 5.23. The molecule has 0 bridgehead atoms. The molecule has 1 aliphatic rings. The van der Waals surface area contributed by atoms with E-state index in [1.165, 1.54) is 6.07 Å². The van der Waals surface area contributed by atoms with E-state index in [1.54, 1.807) is 24.4 Å². The van der Waals surface area contributed by atoms with Crippen LogP contribution in [-0.4, -0.2) is 29.7 Å². The third-order valence-electron chi connectivity index (χ3n) is 3.87. The van der Waals surface area contributed by atoms with Gasteiger partial charge in [-0.2, -0.15) is 0 Å². The van der Waals surface area contributed by atoms with Crippen molar-refractivity contribution in [2.45, 2.75) is 12.8 Å². The molecule has 0 aliphatic carbocycles. The second kappa shape index (κ2) is 6.05. The number of ether oxygens (including phenoxy) is 1. The number of nitrogens with zero attached hydrogens (tertiary/aromatic N) is 2. The predicted octanol–water partition coefficient (Wildman–Crippen LogP) is 2.98. The van der Waals surface area contributed by atoms with Crippen LogP contribution in [0, 0.1) is 16.0 Å². The van der Waals surface area contributed by atoms with Gasteiger partial charge in [-0.3, -0.25) is 15.1 Å². The average Bonchev–Trinajstić information content (AvgIpc) is 2.53. The summed E-state index contributed by atoms with van der Waals surface area (Å²) in [6.07, 6.45) is 3.75. The molecule has 21 heavy (non-hydrogen) atoms. The molecule has 1 fully saturated rings. The van der Waals surface area contributed by atoms with E-state index < -0.39 is 0 Å². The van der Waals surface area contributed by atoms with Crippen LogP contribution < -0.4 is 5.32 Å². The van der Waals surface area contributed by atoms with Crippen molar-refractivity contribution in [3.63, 3.8) is 0 Å². The standard InChI is InChI=1S/C15H17N3O3/c19-18(20)14-4-3-13(15-12(14)2-1-7-16-15)17-10-11-5-8-21-9-6-11/h1-4,7,11,17H,5-6,8-10H2. The van der Waals surface area contributed by atoms with Crippen LogP contribution in [0.2, 0.25) is 0 Å². The van der Waals surface area contributed by atoms with Crippen molar-refractivity contribution in [2.24, 2.45) is 5.92 Å². The number of non-ortho nitro benzene ring substituents is 1. The highest BCUT2D eigenvalue weighted by atomic mass is 16.6. The maximum absolute atomic E-state index is 11.1. The van der Waals surface area contributed by atoms with Crippen LogP contribution in [0.5, 0.6) is 0 Å². The summed E-state index contributed by atoms with van der Waals surface area (Å²) in [7, 11) is 0. The molecule has 1 aliphatic heterocycles. The molecule has 2 heterocycles. The first-order chi connectivity index (χ1) is 10.3. The van der Waals surface area contributed by atoms with Gasteiger partial charge in [-0.25, -0.2) is 0 Å². The molecule has 0 amide bonds. The molecule has 1 N–H and O–H groups in total. The van der Waals surface area contributed by atoms with Gasteiger partial charge in [0.2, 0.25) is 0 Å². The van der Waals surface area contributed by atoms with Gasteiger partial charge in [0.15, 0.2) is 0 Å². The number of rotatable bonds is 4. The van der Waals surface area contributed by atoms with Crippen molar-refractivity contribution in [3.05, 3.63) is 40.6 Å². The number of nitro benzene ring substituents is 1. The Labute approximate surface area is 122 Å². The Kier molecular flexibility index (Phi) is 3.96. The molecule has 1 aromatic carbocycles. The van der Waals surface area contributed by atoms with Gasteiger partial charge in [0.1, 0.15) is 5.52 Å². The maximum atomic E-state index is 11.1. The van der Waals surface area contributed by atoms with Crippen LogP contribution in [0.4, 0.5) is 11.4 Å². The SMILES string of the molecule is O=[N+]([O-])c1ccc(NCC2CCOCC2)c2ncccc12. The highest BCUT2D eigenvalue weighted by Gasteiger charge is 2.17. The van der Waals surface area contributed by atoms with Gasteiger partial charge < -0.3 is 10.1 Å². The number of nitro groups is 1. The molecule has 1 aromatic heterocycles. The lowest BCUT2D eigenvalue weighted by molar-refractivity contribution is -0.383. The molecule has 6 heteroatoms. The molecule has 3 rings (SSSR count). The van der Waals surface area contributed by atoms with Gasteiger partial charge in [0, 0.05) is 32.0 Å². The monoisotopic (exact) mass is 287 g/mol. The van der Waals surface area contributed by atoms with Crippen LogP contribution in [0.3, 0.4) is 0 Å². The average molecular weight is 287 g/mol. The first-order valence-electron chi connectivity index (χ1n) is 7.09. The van der Waals surface area contributed by atoms with Crippen LogP contribution in [0.1, 0.15) is 12.8 Å². The summed E-state index contributed by atoms with van der Waals surface area (Å²) in [4.78, 5) is 15.0. The molecule has 0 spiro atoms. The summed E-state index contributed by atoms with van der Waals surface area (Å²) in [5, 5.41) is 15.0. The summed E-state index contributed by atoms with van der Waals surface area (Å²) in [6.45, 7) is 2.46. The molecular formula is C15H17N3O3. The summed E-state index contributed by atoms with van der Waals surface area (Å²) >= 11 is 0. The zero-order chi connectivity index (χ0) is 14.7. The number of pyridine rings is 1. The number of anilines is 1. The molecule has 6 nitrogen and oxygen atoms in total. The number of fused-ring (bicyclic) bond motifs is 1. The molecule has 0 atom stereocenters. The Morgan fingerprint density at radius 3 is 2.90 bits per heavy atom. The fourth-order valence-corrected chi connectivity index (χ4v) is 2.66. The number of benzene rings is 1. The summed E-state index contributed by atoms with van der Waals surface area (Å²) in [5.74, 6) is 0.577. The minimum Gasteiger partial charge on any atom is -0.383 e. The molecule has 2 aromatic rings. The van der Waals surface area contributed by atoms with Gasteiger partial charge in [-0.15, -0.1) is 0 Å². The van der Waals surface area contributed by atoms with Gasteiger partial charge in [-0.1, -0.05) is 0 Å². The predicted molar refractivity (Wildman–Crippen MR) is 80.4 cm³/mol. The van der Waals surface area contributed by atoms with E-state index in [0.717, 1.165) is 38.3 Å². The summed E-state index contributed by atoms with van der Waals surface area (Å²) in [6, 6.07) is 6.74. The normalized spacial score (nSPS) is 16.0. The zero-order valence-corrected chi connectivity index (χ0v) is 11.6. The van der Waals surface area contributed by atoms with E-state index in [2.05, 4.69) is 10.3 Å². The van der Waals surface area contributed by atoms with Crippen LogP contribution in [0.15, 0.2) is 30.5 Å². The van der Waals surface area contributed by atoms with Crippen molar-refractivity contribution in [1.29, 1.82) is 0 Å². The third kappa shape index (κ3) is 2.95. The van der Waals surface area contributed by atoms with Crippen molar-refractivity contribution in [2.75, 3.05) is 25.1 Å². The third-order valence-corrected chi connectivity index (χ3v) is 3.87. The highest BCUT2D eigenvalue weighted by Crippen LogP contribution is 2.30. The Balaban J connectivity index is 1.85. The van der Waals surface area contributed by atoms with E-state index in [-0.39, 0.29) is 10.6 Å². The summed E-state index contributed by atoms with van der Waals surface area (Å²) < 4.78 is 5.35. The van der Waals surface area contributed by atoms with E-state index in [1.807, 2.05) is 0 Å². The van der Waals surface area contributed by atoms with Gasteiger partial charge in [0.05, 0.1) is 16.0 Å². The highest BCUT2D eigenvalue weighted by molar-refractivity contribution is 5.96. The smallest absolute Gasteiger partial charge is 0.278 e. The Bertz CT molecular complexity index is 654. The molecular weight excluding hydrogens is 270 g/mol. The Morgan fingerprint density at radius 2 is 2.14 bits per heavy atom. The van der Waals surface area contributed by atoms with E-state index in [4.69, 9.17) is 4.74 Å². The fraction of sp³-hybridized carbons (Fsp3) is 0.400. The van der Waals surface area contributed by atoms with Crippen LogP contribution >= 0.6 is 0 Å². The van der Waals surface area contributed by atoms with Crippen molar-refractivity contribution in [3.8, 4) is 0 Å². The molecule has 110 valence electrons. The minimum atomic E-state index is -0.369. The van der Waals surface area contributed by atoms with Gasteiger partial charge in [0.25, 0.3) is 5.69 Å². The molecule has 0 unspecified atom stereocenters. The lowest BCUT2D eigenvalue weighted by atomic mass is 10.0.